The summed E-state index contributed by atoms with van der Waals surface area (Å²) in [6.07, 6.45) is -3.10. The van der Waals surface area contributed by atoms with Gasteiger partial charge < -0.3 is 0 Å². The van der Waals surface area contributed by atoms with Crippen LogP contribution in [0.5, 0.6) is 0 Å². The highest BCUT2D eigenvalue weighted by Crippen LogP contribution is 2.33. The van der Waals surface area contributed by atoms with Crippen LogP contribution in [0.4, 0.5) is 18.3 Å². The SMILES string of the molecule is O=C(Nc1nnc(C(F)(F)F)s1)c1cccc(S(=O)(=O)N2CCCC2)c1. The average Bonchev–Trinajstić information content (AvgIpc) is 3.26. The fraction of sp³-hybridized carbons (Fsp3) is 0.357. The molecule has 7 nitrogen and oxygen atoms in total. The number of nitrogens with zero attached hydrogens (tertiary/aromatic N) is 3. The molecular formula is C14H13F3N4O3S2. The van der Waals surface area contributed by atoms with Gasteiger partial charge in [-0.25, -0.2) is 8.42 Å². The Morgan fingerprint density at radius 2 is 1.88 bits per heavy atom. The first-order valence-electron chi connectivity index (χ1n) is 7.50. The van der Waals surface area contributed by atoms with E-state index in [-0.39, 0.29) is 26.9 Å². The molecule has 2 aromatic rings. The fourth-order valence-electron chi connectivity index (χ4n) is 2.43. The second-order valence-corrected chi connectivity index (χ2v) is 8.42. The van der Waals surface area contributed by atoms with E-state index in [1.807, 2.05) is 0 Å². The first kappa shape index (κ1) is 18.7. The summed E-state index contributed by atoms with van der Waals surface area (Å²) < 4.78 is 64.0. The molecular weight excluding hydrogens is 393 g/mol. The number of amides is 1. The van der Waals surface area contributed by atoms with E-state index in [9.17, 15) is 26.4 Å². The summed E-state index contributed by atoms with van der Waals surface area (Å²) in [5.41, 5.74) is -0.00553. The zero-order valence-electron chi connectivity index (χ0n) is 13.2. The number of alkyl halides is 3. The van der Waals surface area contributed by atoms with Crippen LogP contribution in [0.15, 0.2) is 29.2 Å². The molecule has 0 radical (unpaired) electrons. The second kappa shape index (κ2) is 6.93. The number of carbonyl (C=O) groups is 1. The lowest BCUT2D eigenvalue weighted by Crippen LogP contribution is -2.28. The molecule has 1 aliphatic rings. The summed E-state index contributed by atoms with van der Waals surface area (Å²) in [6.45, 7) is 0.841. The summed E-state index contributed by atoms with van der Waals surface area (Å²) in [4.78, 5) is 12.2. The van der Waals surface area contributed by atoms with Crippen LogP contribution >= 0.6 is 11.3 Å². The molecule has 0 saturated carbocycles. The Hall–Kier alpha value is -2.05. The molecule has 2 heterocycles. The van der Waals surface area contributed by atoms with Gasteiger partial charge in [-0.2, -0.15) is 17.5 Å². The van der Waals surface area contributed by atoms with E-state index >= 15 is 0 Å². The average molecular weight is 406 g/mol. The number of halogens is 3. The van der Waals surface area contributed by atoms with Crippen LogP contribution in [0, 0.1) is 0 Å². The highest BCUT2D eigenvalue weighted by molar-refractivity contribution is 7.89. The Morgan fingerprint density at radius 3 is 2.50 bits per heavy atom. The van der Waals surface area contributed by atoms with Gasteiger partial charge in [0.2, 0.25) is 20.2 Å². The maximum atomic E-state index is 12.5. The zero-order chi connectivity index (χ0) is 18.9. The van der Waals surface area contributed by atoms with E-state index in [2.05, 4.69) is 15.5 Å². The van der Waals surface area contributed by atoms with E-state index in [0.717, 1.165) is 12.8 Å². The van der Waals surface area contributed by atoms with Gasteiger partial charge in [-0.05, 0) is 31.0 Å². The molecule has 1 aliphatic heterocycles. The lowest BCUT2D eigenvalue weighted by atomic mass is 10.2. The van der Waals surface area contributed by atoms with Crippen molar-refractivity contribution in [1.29, 1.82) is 0 Å². The van der Waals surface area contributed by atoms with Gasteiger partial charge in [0.15, 0.2) is 0 Å². The van der Waals surface area contributed by atoms with Crippen LogP contribution in [0.3, 0.4) is 0 Å². The standard InChI is InChI=1S/C14H13F3N4O3S2/c15-14(16,17)12-19-20-13(25-12)18-11(22)9-4-3-5-10(8-9)26(23,24)21-6-1-2-7-21/h3-5,8H,1-2,6-7H2,(H,18,20,22). The summed E-state index contributed by atoms with van der Waals surface area (Å²) in [5.74, 6) is -0.770. The molecule has 140 valence electrons. The molecule has 0 spiro atoms. The summed E-state index contributed by atoms with van der Waals surface area (Å²) in [5, 5.41) is 6.93. The van der Waals surface area contributed by atoms with Crippen molar-refractivity contribution >= 4 is 32.4 Å². The van der Waals surface area contributed by atoms with Crippen molar-refractivity contribution < 1.29 is 26.4 Å². The van der Waals surface area contributed by atoms with Crippen LogP contribution in [0.1, 0.15) is 28.2 Å². The third-order valence-corrected chi connectivity index (χ3v) is 6.47. The van der Waals surface area contributed by atoms with Crippen molar-refractivity contribution in [3.05, 3.63) is 34.8 Å². The summed E-state index contributed by atoms with van der Waals surface area (Å²) >= 11 is 0.187. The van der Waals surface area contributed by atoms with Crippen LogP contribution in [-0.4, -0.2) is 41.9 Å². The van der Waals surface area contributed by atoms with E-state index in [1.54, 1.807) is 0 Å². The van der Waals surface area contributed by atoms with Crippen LogP contribution in [-0.2, 0) is 16.2 Å². The van der Waals surface area contributed by atoms with Crippen LogP contribution < -0.4 is 5.32 Å². The molecule has 1 fully saturated rings. The number of hydrogen-bond acceptors (Lipinski definition) is 6. The monoisotopic (exact) mass is 406 g/mol. The highest BCUT2D eigenvalue weighted by atomic mass is 32.2. The van der Waals surface area contributed by atoms with Crippen molar-refractivity contribution in [3.63, 3.8) is 0 Å². The van der Waals surface area contributed by atoms with Gasteiger partial charge in [0.05, 0.1) is 4.90 Å². The van der Waals surface area contributed by atoms with Gasteiger partial charge in [-0.3, -0.25) is 10.1 Å². The van der Waals surface area contributed by atoms with E-state index < -0.39 is 27.1 Å². The summed E-state index contributed by atoms with van der Waals surface area (Å²) in [6, 6.07) is 5.33. The predicted molar refractivity (Wildman–Crippen MR) is 87.3 cm³/mol. The molecule has 1 saturated heterocycles. The fourth-order valence-corrected chi connectivity index (χ4v) is 4.60. The number of sulfonamides is 1. The molecule has 3 rings (SSSR count). The first-order valence-corrected chi connectivity index (χ1v) is 9.76. The number of rotatable bonds is 4. The van der Waals surface area contributed by atoms with Gasteiger partial charge in [0, 0.05) is 18.7 Å². The maximum Gasteiger partial charge on any atom is 0.445 e. The minimum atomic E-state index is -4.65. The largest absolute Gasteiger partial charge is 0.445 e. The van der Waals surface area contributed by atoms with E-state index in [0.29, 0.717) is 13.1 Å². The Labute approximate surface area is 150 Å². The lowest BCUT2D eigenvalue weighted by molar-refractivity contribution is -0.138. The number of nitrogens with one attached hydrogen (secondary N) is 1. The van der Waals surface area contributed by atoms with Crippen LogP contribution in [0.2, 0.25) is 0 Å². The molecule has 1 amide bonds. The van der Waals surface area contributed by atoms with Gasteiger partial charge in [-0.15, -0.1) is 10.2 Å². The lowest BCUT2D eigenvalue weighted by Gasteiger charge is -2.15. The minimum Gasteiger partial charge on any atom is -0.296 e. The number of benzene rings is 1. The van der Waals surface area contributed by atoms with Gasteiger partial charge in [0.1, 0.15) is 0 Å². The molecule has 26 heavy (non-hydrogen) atoms. The minimum absolute atomic E-state index is 0.00553. The molecule has 1 aromatic carbocycles. The third-order valence-electron chi connectivity index (χ3n) is 3.69. The van der Waals surface area contributed by atoms with Crippen molar-refractivity contribution in [3.8, 4) is 0 Å². The third kappa shape index (κ3) is 3.86. The maximum absolute atomic E-state index is 12.5. The smallest absolute Gasteiger partial charge is 0.296 e. The molecule has 0 atom stereocenters. The Kier molecular flexibility index (Phi) is 4.99. The van der Waals surface area contributed by atoms with Gasteiger partial charge in [-0.1, -0.05) is 17.4 Å². The zero-order valence-corrected chi connectivity index (χ0v) is 14.8. The number of anilines is 1. The summed E-state index contributed by atoms with van der Waals surface area (Å²) in [7, 11) is -3.70. The Balaban J connectivity index is 1.79. The first-order chi connectivity index (χ1) is 12.2. The van der Waals surface area contributed by atoms with Gasteiger partial charge in [0.25, 0.3) is 5.91 Å². The predicted octanol–water partition coefficient (Wildman–Crippen LogP) is 2.59. The normalized spacial score (nSPS) is 16.0. The highest BCUT2D eigenvalue weighted by Gasteiger charge is 2.36. The topological polar surface area (TPSA) is 92.3 Å². The Bertz CT molecular complexity index is 922. The van der Waals surface area contributed by atoms with Crippen LogP contribution in [0.25, 0.3) is 0 Å². The van der Waals surface area contributed by atoms with Crippen molar-refractivity contribution in [1.82, 2.24) is 14.5 Å². The van der Waals surface area contributed by atoms with Crippen molar-refractivity contribution in [2.75, 3.05) is 18.4 Å². The molecule has 0 bridgehead atoms. The number of hydrogen-bond donors (Lipinski definition) is 1. The molecule has 0 unspecified atom stereocenters. The number of aromatic nitrogens is 2. The molecule has 1 N–H and O–H groups in total. The van der Waals surface area contributed by atoms with Gasteiger partial charge >= 0.3 is 6.18 Å². The molecule has 12 heteroatoms. The van der Waals surface area contributed by atoms with Crippen molar-refractivity contribution in [2.45, 2.75) is 23.9 Å². The number of carbonyl (C=O) groups excluding carboxylic acids is 1. The Morgan fingerprint density at radius 1 is 1.19 bits per heavy atom. The van der Waals surface area contributed by atoms with E-state index in [4.69, 9.17) is 0 Å². The van der Waals surface area contributed by atoms with Crippen molar-refractivity contribution in [2.24, 2.45) is 0 Å². The molecule has 0 aliphatic carbocycles. The van der Waals surface area contributed by atoms with E-state index in [1.165, 1.54) is 28.6 Å². The second-order valence-electron chi connectivity index (χ2n) is 5.50. The molecule has 1 aromatic heterocycles. The quantitative estimate of drug-likeness (QED) is 0.843.